The molecular weight excluding hydrogens is 412 g/mol. The number of hydrogen-bond donors (Lipinski definition) is 2. The second kappa shape index (κ2) is 7.37. The van der Waals surface area contributed by atoms with Crippen molar-refractivity contribution in [2.45, 2.75) is 6.92 Å². The number of amides is 1. The smallest absolute Gasteiger partial charge is 0.339 e. The first-order valence-electron chi connectivity index (χ1n) is 9.52. The minimum absolute atomic E-state index is 0.0449. The Morgan fingerprint density at radius 1 is 1.10 bits per heavy atom. The lowest BCUT2D eigenvalue weighted by atomic mass is 10.0. The Kier molecular flexibility index (Phi) is 4.52. The van der Waals surface area contributed by atoms with Gasteiger partial charge >= 0.3 is 5.97 Å². The zero-order chi connectivity index (χ0) is 21.5. The molecule has 3 heterocycles. The molecule has 0 saturated carbocycles. The number of aryl methyl sites for hydroxylation is 1. The number of carboxylic acid groups (broad SMARTS) is 1. The van der Waals surface area contributed by atoms with Crippen molar-refractivity contribution in [3.8, 4) is 10.4 Å². The topological polar surface area (TPSA) is 92.4 Å². The lowest BCUT2D eigenvalue weighted by Gasteiger charge is -2.09. The van der Waals surface area contributed by atoms with Crippen LogP contribution in [-0.2, 0) is 0 Å². The van der Waals surface area contributed by atoms with Crippen LogP contribution in [0.15, 0.2) is 70.6 Å². The zero-order valence-corrected chi connectivity index (χ0v) is 17.2. The fourth-order valence-corrected chi connectivity index (χ4v) is 4.68. The van der Waals surface area contributed by atoms with Crippen LogP contribution in [0.2, 0.25) is 0 Å². The first-order valence-corrected chi connectivity index (χ1v) is 10.4. The number of anilines is 1. The molecular formula is C24H16N2O4S. The van der Waals surface area contributed by atoms with E-state index in [0.717, 1.165) is 27.4 Å². The van der Waals surface area contributed by atoms with E-state index < -0.39 is 11.9 Å². The number of nitrogens with one attached hydrogen (secondary N) is 1. The first-order chi connectivity index (χ1) is 15.0. The lowest BCUT2D eigenvalue weighted by molar-refractivity contribution is 0.0699. The van der Waals surface area contributed by atoms with Crippen molar-refractivity contribution < 1.29 is 19.1 Å². The number of aromatic carboxylic acids is 1. The number of rotatable bonds is 4. The molecule has 6 nitrogen and oxygen atoms in total. The molecule has 0 aliphatic carbocycles. The average molecular weight is 428 g/mol. The van der Waals surface area contributed by atoms with Crippen molar-refractivity contribution in [1.82, 2.24) is 4.98 Å². The van der Waals surface area contributed by atoms with Crippen molar-refractivity contribution in [2.75, 3.05) is 5.32 Å². The maximum absolute atomic E-state index is 12.8. The third kappa shape index (κ3) is 3.25. The van der Waals surface area contributed by atoms with Crippen molar-refractivity contribution in [2.24, 2.45) is 0 Å². The molecule has 0 aliphatic rings. The van der Waals surface area contributed by atoms with Gasteiger partial charge < -0.3 is 14.8 Å². The van der Waals surface area contributed by atoms with E-state index in [1.807, 2.05) is 49.4 Å². The number of pyridine rings is 1. The Morgan fingerprint density at radius 2 is 1.94 bits per heavy atom. The second-order valence-corrected chi connectivity index (χ2v) is 7.97. The van der Waals surface area contributed by atoms with E-state index in [-0.39, 0.29) is 17.0 Å². The highest BCUT2D eigenvalue weighted by atomic mass is 32.1. The largest absolute Gasteiger partial charge is 0.478 e. The molecule has 1 amide bonds. The van der Waals surface area contributed by atoms with Gasteiger partial charge in [-0.25, -0.2) is 4.79 Å². The molecule has 0 unspecified atom stereocenters. The van der Waals surface area contributed by atoms with E-state index in [1.54, 1.807) is 23.7 Å². The van der Waals surface area contributed by atoms with Gasteiger partial charge in [-0.1, -0.05) is 36.4 Å². The molecule has 0 atom stereocenters. The van der Waals surface area contributed by atoms with Crippen LogP contribution in [0.3, 0.4) is 0 Å². The number of nitrogens with zero attached hydrogens (tertiary/aromatic N) is 1. The highest BCUT2D eigenvalue weighted by Crippen LogP contribution is 2.40. The predicted molar refractivity (Wildman–Crippen MR) is 121 cm³/mol. The Hall–Kier alpha value is -3.97. The van der Waals surface area contributed by atoms with Crippen molar-refractivity contribution in [3.05, 3.63) is 83.1 Å². The third-order valence-corrected chi connectivity index (χ3v) is 6.13. The predicted octanol–water partition coefficient (Wildman–Crippen LogP) is 5.97. The highest BCUT2D eigenvalue weighted by molar-refractivity contribution is 7.14. The summed E-state index contributed by atoms with van der Waals surface area (Å²) in [6.45, 7) is 1.96. The quantitative estimate of drug-likeness (QED) is 0.368. The van der Waals surface area contributed by atoms with E-state index in [0.29, 0.717) is 10.5 Å². The number of hydrogen-bond acceptors (Lipinski definition) is 5. The number of thiophene rings is 1. The maximum Gasteiger partial charge on any atom is 0.339 e. The fraction of sp³-hybridized carbons (Fsp3) is 0.0417. The SMILES string of the molecule is Cc1ccc(-c2scc(NC(=O)c3cc4ccccc4o3)c2C(=O)O)c2cccnc12. The number of carbonyl (C=O) groups excluding carboxylic acids is 1. The van der Waals surface area contributed by atoms with Gasteiger partial charge in [0.1, 0.15) is 11.1 Å². The highest BCUT2D eigenvalue weighted by Gasteiger charge is 2.24. The van der Waals surface area contributed by atoms with Crippen LogP contribution in [0.5, 0.6) is 0 Å². The molecule has 5 aromatic rings. The molecule has 31 heavy (non-hydrogen) atoms. The van der Waals surface area contributed by atoms with Crippen molar-refractivity contribution in [3.63, 3.8) is 0 Å². The van der Waals surface area contributed by atoms with Crippen LogP contribution >= 0.6 is 11.3 Å². The molecule has 0 aliphatic heterocycles. The normalized spacial score (nSPS) is 11.1. The summed E-state index contributed by atoms with van der Waals surface area (Å²) in [6.07, 6.45) is 1.71. The minimum atomic E-state index is -1.12. The van der Waals surface area contributed by atoms with Crippen molar-refractivity contribution in [1.29, 1.82) is 0 Å². The lowest BCUT2D eigenvalue weighted by Crippen LogP contribution is -2.13. The third-order valence-electron chi connectivity index (χ3n) is 5.12. The Labute approximate surface area is 180 Å². The maximum atomic E-state index is 12.8. The molecule has 0 spiro atoms. The number of furan rings is 1. The monoisotopic (exact) mass is 428 g/mol. The molecule has 0 saturated heterocycles. The molecule has 3 aromatic heterocycles. The van der Waals surface area contributed by atoms with Gasteiger partial charge in [0.25, 0.3) is 5.91 Å². The second-order valence-electron chi connectivity index (χ2n) is 7.09. The Morgan fingerprint density at radius 3 is 2.74 bits per heavy atom. The van der Waals surface area contributed by atoms with Crippen LogP contribution in [0.4, 0.5) is 5.69 Å². The molecule has 2 aromatic carbocycles. The van der Waals surface area contributed by atoms with Crippen LogP contribution < -0.4 is 5.32 Å². The summed E-state index contributed by atoms with van der Waals surface area (Å²) in [5.41, 5.74) is 3.46. The summed E-state index contributed by atoms with van der Waals surface area (Å²) in [6, 6.07) is 16.5. The van der Waals surface area contributed by atoms with Gasteiger partial charge in [0.05, 0.1) is 16.1 Å². The standard InChI is InChI=1S/C24H16N2O4S/c1-13-8-9-16(15-6-4-10-25-21(13)15)22-20(24(28)29)17(12-31-22)26-23(27)19-11-14-5-2-3-7-18(14)30-19/h2-12H,1H3,(H,26,27)(H,28,29). The molecule has 0 bridgehead atoms. The molecule has 7 heteroatoms. The van der Waals surface area contributed by atoms with E-state index in [1.165, 1.54) is 11.3 Å². The summed E-state index contributed by atoms with van der Waals surface area (Å²) in [7, 11) is 0. The minimum Gasteiger partial charge on any atom is -0.478 e. The van der Waals surface area contributed by atoms with Gasteiger partial charge in [0.2, 0.25) is 0 Å². The zero-order valence-electron chi connectivity index (χ0n) is 16.4. The molecule has 5 rings (SSSR count). The average Bonchev–Trinajstić information content (AvgIpc) is 3.38. The van der Waals surface area contributed by atoms with Crippen LogP contribution in [-0.4, -0.2) is 22.0 Å². The summed E-state index contributed by atoms with van der Waals surface area (Å²) in [4.78, 5) is 29.9. The number of para-hydroxylation sites is 1. The van der Waals surface area contributed by atoms with Gasteiger partial charge in [-0.15, -0.1) is 11.3 Å². The number of carbonyl (C=O) groups is 2. The fourth-order valence-electron chi connectivity index (χ4n) is 3.65. The Bertz CT molecular complexity index is 1450. The van der Waals surface area contributed by atoms with E-state index in [4.69, 9.17) is 4.42 Å². The van der Waals surface area contributed by atoms with Crippen LogP contribution in [0, 0.1) is 6.92 Å². The van der Waals surface area contributed by atoms with Crippen LogP contribution in [0.1, 0.15) is 26.5 Å². The molecule has 152 valence electrons. The van der Waals surface area contributed by atoms with Gasteiger partial charge in [-0.2, -0.15) is 0 Å². The number of fused-ring (bicyclic) bond motifs is 2. The first kappa shape index (κ1) is 19.0. The molecule has 0 fully saturated rings. The van der Waals surface area contributed by atoms with Crippen LogP contribution in [0.25, 0.3) is 32.3 Å². The number of aromatic nitrogens is 1. The van der Waals surface area contributed by atoms with Gasteiger partial charge in [-0.05, 0) is 30.7 Å². The van der Waals surface area contributed by atoms with E-state index in [2.05, 4.69) is 10.3 Å². The number of benzene rings is 2. The number of carboxylic acids is 1. The summed E-state index contributed by atoms with van der Waals surface area (Å²) in [5, 5.41) is 15.9. The van der Waals surface area contributed by atoms with Crippen molar-refractivity contribution >= 4 is 50.8 Å². The molecule has 0 radical (unpaired) electrons. The van der Waals surface area contributed by atoms with E-state index >= 15 is 0 Å². The van der Waals surface area contributed by atoms with Gasteiger partial charge in [0, 0.05) is 27.9 Å². The summed E-state index contributed by atoms with van der Waals surface area (Å²) in [5.74, 6) is -1.50. The molecule has 2 N–H and O–H groups in total. The van der Waals surface area contributed by atoms with Gasteiger partial charge in [0.15, 0.2) is 5.76 Å². The van der Waals surface area contributed by atoms with E-state index in [9.17, 15) is 14.7 Å². The summed E-state index contributed by atoms with van der Waals surface area (Å²) >= 11 is 1.27. The van der Waals surface area contributed by atoms with Gasteiger partial charge in [-0.3, -0.25) is 9.78 Å². The Balaban J connectivity index is 1.57. The summed E-state index contributed by atoms with van der Waals surface area (Å²) < 4.78 is 5.60.